The molecule has 0 saturated heterocycles. The third-order valence-corrected chi connectivity index (χ3v) is 3.25. The van der Waals surface area contributed by atoms with E-state index in [4.69, 9.17) is 5.11 Å². The summed E-state index contributed by atoms with van der Waals surface area (Å²) in [6.45, 7) is 0.437. The van der Waals surface area contributed by atoms with Crippen LogP contribution in [0, 0.1) is 0 Å². The van der Waals surface area contributed by atoms with Crippen LogP contribution in [-0.4, -0.2) is 40.9 Å². The highest BCUT2D eigenvalue weighted by Crippen LogP contribution is 2.37. The summed E-state index contributed by atoms with van der Waals surface area (Å²) in [5.41, 5.74) is -1.81. The standard InChI is InChI=1S/C15H14F3N3O4/c1-8(23)19-11-3-2-9(6-10(11)15(16,17)18)20-12-7-13(24)21(4-5-22)14(12)25/h2-3,6-7,20,22H,4-5H2,1H3,(H,19,23). The van der Waals surface area contributed by atoms with Crippen LogP contribution in [0.15, 0.2) is 30.0 Å². The lowest BCUT2D eigenvalue weighted by molar-refractivity contribution is -0.138. The molecule has 1 aromatic carbocycles. The van der Waals surface area contributed by atoms with Crippen molar-refractivity contribution >= 4 is 29.1 Å². The Morgan fingerprint density at radius 1 is 1.28 bits per heavy atom. The molecule has 0 fully saturated rings. The number of hydrogen-bond acceptors (Lipinski definition) is 5. The zero-order valence-corrected chi connectivity index (χ0v) is 13.0. The largest absolute Gasteiger partial charge is 0.418 e. The van der Waals surface area contributed by atoms with E-state index in [-0.39, 0.29) is 17.9 Å². The molecule has 134 valence electrons. The lowest BCUT2D eigenvalue weighted by Gasteiger charge is -2.16. The van der Waals surface area contributed by atoms with Gasteiger partial charge in [-0.2, -0.15) is 13.2 Å². The van der Waals surface area contributed by atoms with E-state index < -0.39 is 41.8 Å². The van der Waals surface area contributed by atoms with Gasteiger partial charge in [0, 0.05) is 18.7 Å². The molecule has 3 amide bonds. The number of carbonyl (C=O) groups is 3. The smallest absolute Gasteiger partial charge is 0.395 e. The number of β-amino-alcohol motifs (C(OH)–C–C–N with tert-alkyl or cyclic N) is 1. The number of anilines is 2. The summed E-state index contributed by atoms with van der Waals surface area (Å²) in [6, 6.07) is 2.99. The second-order valence-electron chi connectivity index (χ2n) is 5.14. The predicted molar refractivity (Wildman–Crippen MR) is 81.3 cm³/mol. The van der Waals surface area contributed by atoms with Crippen molar-refractivity contribution in [2.75, 3.05) is 23.8 Å². The molecule has 1 heterocycles. The Morgan fingerprint density at radius 2 is 1.96 bits per heavy atom. The number of amides is 3. The molecule has 1 aliphatic rings. The highest BCUT2D eigenvalue weighted by atomic mass is 19.4. The van der Waals surface area contributed by atoms with Crippen molar-refractivity contribution in [3.05, 3.63) is 35.5 Å². The Labute approximate surface area is 140 Å². The van der Waals surface area contributed by atoms with Crippen LogP contribution < -0.4 is 10.6 Å². The SMILES string of the molecule is CC(=O)Nc1ccc(NC2=CC(=O)N(CCO)C2=O)cc1C(F)(F)F. The number of nitrogens with zero attached hydrogens (tertiary/aromatic N) is 1. The number of benzene rings is 1. The van der Waals surface area contributed by atoms with E-state index in [1.165, 1.54) is 6.07 Å². The second-order valence-corrected chi connectivity index (χ2v) is 5.14. The molecule has 3 N–H and O–H groups in total. The van der Waals surface area contributed by atoms with Crippen LogP contribution >= 0.6 is 0 Å². The molecule has 0 saturated carbocycles. The number of nitrogens with one attached hydrogen (secondary N) is 2. The van der Waals surface area contributed by atoms with Crippen LogP contribution in [0.25, 0.3) is 0 Å². The van der Waals surface area contributed by atoms with Crippen LogP contribution in [0.2, 0.25) is 0 Å². The highest BCUT2D eigenvalue weighted by molar-refractivity contribution is 6.17. The summed E-state index contributed by atoms with van der Waals surface area (Å²) in [5, 5.41) is 13.4. The molecule has 0 aliphatic carbocycles. The van der Waals surface area contributed by atoms with E-state index in [1.807, 2.05) is 0 Å². The van der Waals surface area contributed by atoms with Crippen LogP contribution in [0.4, 0.5) is 24.5 Å². The lowest BCUT2D eigenvalue weighted by Crippen LogP contribution is -2.34. The summed E-state index contributed by atoms with van der Waals surface area (Å²) >= 11 is 0. The monoisotopic (exact) mass is 357 g/mol. The summed E-state index contributed by atoms with van der Waals surface area (Å²) in [5.74, 6) is -2.09. The first-order chi connectivity index (χ1) is 11.6. The van der Waals surface area contributed by atoms with Crippen LogP contribution in [0.3, 0.4) is 0 Å². The number of imide groups is 1. The predicted octanol–water partition coefficient (Wildman–Crippen LogP) is 1.32. The van der Waals surface area contributed by atoms with Crippen molar-refractivity contribution in [2.45, 2.75) is 13.1 Å². The van der Waals surface area contributed by atoms with E-state index in [0.717, 1.165) is 30.0 Å². The molecular weight excluding hydrogens is 343 g/mol. The number of aliphatic hydroxyl groups excluding tert-OH is 1. The van der Waals surface area contributed by atoms with Gasteiger partial charge in [-0.3, -0.25) is 19.3 Å². The molecule has 0 unspecified atom stereocenters. The van der Waals surface area contributed by atoms with Crippen LogP contribution in [0.5, 0.6) is 0 Å². The van der Waals surface area contributed by atoms with Crippen molar-refractivity contribution in [1.29, 1.82) is 0 Å². The van der Waals surface area contributed by atoms with Crippen molar-refractivity contribution in [1.82, 2.24) is 4.90 Å². The molecule has 2 rings (SSSR count). The minimum absolute atomic E-state index is 0.0836. The molecule has 7 nitrogen and oxygen atoms in total. The molecule has 0 radical (unpaired) electrons. The molecule has 0 spiro atoms. The van der Waals surface area contributed by atoms with Gasteiger partial charge in [0.1, 0.15) is 5.70 Å². The number of hydrogen-bond donors (Lipinski definition) is 3. The molecule has 0 aromatic heterocycles. The average Bonchev–Trinajstić information content (AvgIpc) is 2.75. The van der Waals surface area contributed by atoms with E-state index >= 15 is 0 Å². The average molecular weight is 357 g/mol. The number of aliphatic hydroxyl groups is 1. The van der Waals surface area contributed by atoms with Crippen molar-refractivity contribution < 1.29 is 32.7 Å². The fourth-order valence-corrected chi connectivity index (χ4v) is 2.22. The molecule has 25 heavy (non-hydrogen) atoms. The van der Waals surface area contributed by atoms with Crippen molar-refractivity contribution in [2.24, 2.45) is 0 Å². The maximum atomic E-state index is 13.1. The zero-order chi connectivity index (χ0) is 18.8. The quantitative estimate of drug-likeness (QED) is 0.691. The van der Waals surface area contributed by atoms with Gasteiger partial charge in [0.2, 0.25) is 5.91 Å². The maximum absolute atomic E-state index is 13.1. The fraction of sp³-hybridized carbons (Fsp3) is 0.267. The van der Waals surface area contributed by atoms with E-state index in [2.05, 4.69) is 10.6 Å². The van der Waals surface area contributed by atoms with Gasteiger partial charge in [0.15, 0.2) is 0 Å². The van der Waals surface area contributed by atoms with Crippen LogP contribution in [-0.2, 0) is 20.6 Å². The minimum Gasteiger partial charge on any atom is -0.395 e. The summed E-state index contributed by atoms with van der Waals surface area (Å²) in [7, 11) is 0. The molecule has 0 bridgehead atoms. The molecule has 1 aliphatic heterocycles. The first-order valence-corrected chi connectivity index (χ1v) is 7.07. The van der Waals surface area contributed by atoms with Crippen molar-refractivity contribution in [3.63, 3.8) is 0 Å². The van der Waals surface area contributed by atoms with Gasteiger partial charge < -0.3 is 15.7 Å². The first-order valence-electron chi connectivity index (χ1n) is 7.07. The molecule has 1 aromatic rings. The van der Waals surface area contributed by atoms with Crippen LogP contribution in [0.1, 0.15) is 12.5 Å². The Bertz CT molecular complexity index is 759. The van der Waals surface area contributed by atoms with Gasteiger partial charge in [-0.15, -0.1) is 0 Å². The van der Waals surface area contributed by atoms with E-state index in [0.29, 0.717) is 0 Å². The summed E-state index contributed by atoms with van der Waals surface area (Å²) < 4.78 is 39.4. The third-order valence-electron chi connectivity index (χ3n) is 3.25. The van der Waals surface area contributed by atoms with Gasteiger partial charge in [-0.1, -0.05) is 0 Å². The van der Waals surface area contributed by atoms with Gasteiger partial charge in [-0.05, 0) is 18.2 Å². The number of halogens is 3. The Kier molecular flexibility index (Phi) is 5.12. The number of carbonyl (C=O) groups excluding carboxylic acids is 3. The Morgan fingerprint density at radius 3 is 2.52 bits per heavy atom. The summed E-state index contributed by atoms with van der Waals surface area (Å²) in [4.78, 5) is 35.4. The Balaban J connectivity index is 2.29. The van der Waals surface area contributed by atoms with Crippen molar-refractivity contribution in [3.8, 4) is 0 Å². The van der Waals surface area contributed by atoms with E-state index in [1.54, 1.807) is 0 Å². The maximum Gasteiger partial charge on any atom is 0.418 e. The third kappa shape index (κ3) is 4.15. The normalized spacial score (nSPS) is 14.6. The minimum atomic E-state index is -4.73. The van der Waals surface area contributed by atoms with Gasteiger partial charge in [0.05, 0.1) is 24.4 Å². The number of alkyl halides is 3. The second kappa shape index (κ2) is 6.93. The van der Waals surface area contributed by atoms with E-state index in [9.17, 15) is 27.6 Å². The number of rotatable bonds is 5. The fourth-order valence-electron chi connectivity index (χ4n) is 2.22. The molecule has 0 atom stereocenters. The zero-order valence-electron chi connectivity index (χ0n) is 13.0. The lowest BCUT2D eigenvalue weighted by atomic mass is 10.1. The topological polar surface area (TPSA) is 98.7 Å². The Hall–Kier alpha value is -2.88. The van der Waals surface area contributed by atoms with Gasteiger partial charge in [0.25, 0.3) is 11.8 Å². The van der Waals surface area contributed by atoms with Gasteiger partial charge in [-0.25, -0.2) is 0 Å². The van der Waals surface area contributed by atoms with Gasteiger partial charge >= 0.3 is 6.18 Å². The summed E-state index contributed by atoms with van der Waals surface area (Å²) in [6.07, 6.45) is -3.80. The highest BCUT2D eigenvalue weighted by Gasteiger charge is 2.35. The molecule has 10 heteroatoms. The first kappa shape index (κ1) is 18.5. The molecular formula is C15H14F3N3O4.